The summed E-state index contributed by atoms with van der Waals surface area (Å²) in [7, 11) is -2.93. The molecule has 4 heterocycles. The average Bonchev–Trinajstić information content (AvgIpc) is 3.16. The number of pyridine rings is 2. The van der Waals surface area contributed by atoms with Crippen LogP contribution in [0.5, 0.6) is 23.3 Å². The molecule has 2 aromatic carbocycles. The first-order valence-corrected chi connectivity index (χ1v) is 17.1. The Bertz CT molecular complexity index is 2020. The Balaban J connectivity index is 0.904. The van der Waals surface area contributed by atoms with E-state index in [2.05, 4.69) is 40.5 Å². The second-order valence-corrected chi connectivity index (χ2v) is 12.0. The number of benzene rings is 2. The van der Waals surface area contributed by atoms with Gasteiger partial charge in [0.1, 0.15) is 34.0 Å². The number of nitrogens with one attached hydrogen (secondary N) is 2. The van der Waals surface area contributed by atoms with Crippen molar-refractivity contribution in [2.75, 3.05) is 13.1 Å². The monoisotopic (exact) mass is 718 g/mol. The van der Waals surface area contributed by atoms with Gasteiger partial charge in [-0.25, -0.2) is 14.5 Å². The van der Waals surface area contributed by atoms with Gasteiger partial charge in [0.15, 0.2) is 11.6 Å². The second kappa shape index (κ2) is 16.8. The topological polar surface area (TPSA) is 212 Å². The molecule has 0 saturated carbocycles. The number of aromatic nitrogens is 6. The fraction of sp³-hybridized carbons (Fsp3) is 0.111. The van der Waals surface area contributed by atoms with Crippen LogP contribution in [0.15, 0.2) is 110 Å². The highest BCUT2D eigenvalue weighted by atomic mass is 31.1. The van der Waals surface area contributed by atoms with Crippen molar-refractivity contribution in [3.8, 4) is 46.3 Å². The van der Waals surface area contributed by atoms with Crippen molar-refractivity contribution >= 4 is 20.1 Å². The molecule has 16 heteroatoms. The van der Waals surface area contributed by atoms with E-state index in [4.69, 9.17) is 9.05 Å². The van der Waals surface area contributed by atoms with Crippen LogP contribution in [0.4, 0.5) is 0 Å². The van der Waals surface area contributed by atoms with Crippen LogP contribution in [0.3, 0.4) is 0 Å². The van der Waals surface area contributed by atoms with Crippen LogP contribution in [-0.4, -0.2) is 65.0 Å². The summed E-state index contributed by atoms with van der Waals surface area (Å²) in [5.41, 5.74) is 2.61. The highest BCUT2D eigenvalue weighted by Crippen LogP contribution is 2.31. The zero-order valence-corrected chi connectivity index (χ0v) is 28.3. The summed E-state index contributed by atoms with van der Waals surface area (Å²) in [6.45, 7) is 0.560. The number of nitrogens with zero attached hydrogens (tertiary/aromatic N) is 6. The van der Waals surface area contributed by atoms with Crippen LogP contribution in [0, 0.1) is 0 Å². The van der Waals surface area contributed by atoms with Gasteiger partial charge in [-0.05, 0) is 72.5 Å². The van der Waals surface area contributed by atoms with E-state index in [1.54, 1.807) is 97.3 Å². The molecule has 6 aromatic rings. The number of aromatic hydroxyl groups is 2. The zero-order valence-electron chi connectivity index (χ0n) is 27.3. The van der Waals surface area contributed by atoms with Gasteiger partial charge < -0.3 is 29.9 Å². The zero-order chi connectivity index (χ0) is 36.3. The lowest BCUT2D eigenvalue weighted by Gasteiger charge is -2.10. The number of carbonyl (C=O) groups excluding carboxylic acids is 2. The molecule has 0 saturated heterocycles. The van der Waals surface area contributed by atoms with Crippen molar-refractivity contribution in [2.45, 2.75) is 12.8 Å². The van der Waals surface area contributed by atoms with Gasteiger partial charge in [0.05, 0.1) is 0 Å². The lowest BCUT2D eigenvalue weighted by atomic mass is 10.1. The van der Waals surface area contributed by atoms with Gasteiger partial charge in [-0.1, -0.05) is 36.4 Å². The van der Waals surface area contributed by atoms with Crippen molar-refractivity contribution in [2.24, 2.45) is 0 Å². The van der Waals surface area contributed by atoms with Crippen LogP contribution in [0.2, 0.25) is 0 Å². The van der Waals surface area contributed by atoms with E-state index in [-0.39, 0.29) is 35.9 Å². The third kappa shape index (κ3) is 9.28. The van der Waals surface area contributed by atoms with E-state index in [9.17, 15) is 24.4 Å². The Morgan fingerprint density at radius 3 is 1.38 bits per heavy atom. The first-order valence-electron chi connectivity index (χ1n) is 15.9. The van der Waals surface area contributed by atoms with E-state index < -0.39 is 31.8 Å². The van der Waals surface area contributed by atoms with Crippen LogP contribution in [-0.2, 0) is 17.4 Å². The summed E-state index contributed by atoms with van der Waals surface area (Å²) in [6.07, 6.45) is 6.64. The minimum atomic E-state index is -2.93. The van der Waals surface area contributed by atoms with Gasteiger partial charge in [-0.15, -0.1) is 0 Å². The molecule has 0 aliphatic heterocycles. The smallest absolute Gasteiger partial charge is 0.418 e. The summed E-state index contributed by atoms with van der Waals surface area (Å²) in [5, 5.41) is 26.0. The summed E-state index contributed by atoms with van der Waals surface area (Å²) < 4.78 is 23.5. The molecule has 262 valence electrons. The van der Waals surface area contributed by atoms with Gasteiger partial charge in [-0.3, -0.25) is 19.6 Å². The summed E-state index contributed by atoms with van der Waals surface area (Å²) in [5.74, 6) is -0.805. The molecular weight excluding hydrogens is 687 g/mol. The molecule has 0 radical (unpaired) electrons. The van der Waals surface area contributed by atoms with Crippen LogP contribution < -0.4 is 19.7 Å². The van der Waals surface area contributed by atoms with E-state index in [1.807, 2.05) is 0 Å². The fourth-order valence-corrected chi connectivity index (χ4v) is 5.49. The lowest BCUT2D eigenvalue weighted by molar-refractivity contribution is 0.0941. The van der Waals surface area contributed by atoms with E-state index in [0.717, 1.165) is 11.1 Å². The molecule has 0 bridgehead atoms. The molecular formula is C36H31N8O7P. The predicted molar refractivity (Wildman–Crippen MR) is 189 cm³/mol. The molecule has 15 nitrogen and oxygen atoms in total. The number of amides is 2. The Hall–Kier alpha value is -6.73. The number of rotatable bonds is 14. The predicted octanol–water partition coefficient (Wildman–Crippen LogP) is 4.59. The van der Waals surface area contributed by atoms with Crippen LogP contribution in [0.25, 0.3) is 23.0 Å². The number of carbonyl (C=O) groups is 2. The minimum Gasteiger partial charge on any atom is -0.493 e. The first kappa shape index (κ1) is 35.1. The molecule has 4 aromatic heterocycles. The van der Waals surface area contributed by atoms with Crippen molar-refractivity contribution < 1.29 is 33.4 Å². The summed E-state index contributed by atoms with van der Waals surface area (Å²) in [6, 6.07) is 24.1. The maximum absolute atomic E-state index is 12.6. The van der Waals surface area contributed by atoms with Crippen molar-refractivity contribution in [1.29, 1.82) is 0 Å². The van der Waals surface area contributed by atoms with E-state index >= 15 is 0 Å². The molecule has 0 aliphatic carbocycles. The standard InChI is InChI=1S/C36H31N8O7P/c45-33(27-21-41-31(43-35(27)47)29-5-1-3-17-37-29)39-19-15-23-7-11-25(12-8-23)50-52(49)51-26-13-9-24(10-14-26)16-20-40-34(46)28-22-42-32(44-36(28)48)30-6-2-4-18-38-30/h1-14,17-18,21-22,52H,15-16,19-20H2,(H,39,45)(H,40,46)(H,41,43,47)(H,42,44,48). The molecule has 6 rings (SSSR count). The Morgan fingerprint density at radius 2 is 1.02 bits per heavy atom. The third-order valence-electron chi connectivity index (χ3n) is 7.46. The molecule has 0 unspecified atom stereocenters. The largest absolute Gasteiger partial charge is 0.493 e. The van der Waals surface area contributed by atoms with Gasteiger partial charge in [-0.2, -0.15) is 9.97 Å². The quantitative estimate of drug-likeness (QED) is 0.114. The average molecular weight is 719 g/mol. The molecule has 2 amide bonds. The molecule has 0 atom stereocenters. The van der Waals surface area contributed by atoms with Crippen LogP contribution >= 0.6 is 8.25 Å². The molecule has 0 fully saturated rings. The van der Waals surface area contributed by atoms with Crippen LogP contribution in [0.1, 0.15) is 31.8 Å². The Labute approximate surface area is 297 Å². The maximum atomic E-state index is 12.6. The Morgan fingerprint density at radius 1 is 0.596 bits per heavy atom. The van der Waals surface area contributed by atoms with E-state index in [0.29, 0.717) is 35.7 Å². The summed E-state index contributed by atoms with van der Waals surface area (Å²) in [4.78, 5) is 49.6. The van der Waals surface area contributed by atoms with Crippen molar-refractivity contribution in [3.63, 3.8) is 0 Å². The molecule has 52 heavy (non-hydrogen) atoms. The molecule has 0 spiro atoms. The summed E-state index contributed by atoms with van der Waals surface area (Å²) >= 11 is 0. The Kier molecular flexibility index (Phi) is 11.3. The van der Waals surface area contributed by atoms with E-state index in [1.165, 1.54) is 12.4 Å². The highest BCUT2D eigenvalue weighted by Gasteiger charge is 2.16. The number of hydrogen-bond acceptors (Lipinski definition) is 13. The SMILES string of the molecule is O=C(NCCc1ccc(O[PH](=O)Oc2ccc(CCNC(=O)c3cnc(-c4ccccn4)nc3O)cc2)cc1)c1cnc(-c2ccccn2)nc1O. The maximum Gasteiger partial charge on any atom is 0.418 e. The van der Waals surface area contributed by atoms with Gasteiger partial charge in [0.2, 0.25) is 11.8 Å². The lowest BCUT2D eigenvalue weighted by Crippen LogP contribution is -2.26. The highest BCUT2D eigenvalue weighted by molar-refractivity contribution is 7.34. The fourth-order valence-electron chi connectivity index (χ4n) is 4.80. The van der Waals surface area contributed by atoms with Crippen molar-refractivity contribution in [3.05, 3.63) is 132 Å². The number of hydrogen-bond donors (Lipinski definition) is 4. The third-order valence-corrected chi connectivity index (χ3v) is 8.27. The first-order chi connectivity index (χ1) is 25.3. The molecule has 4 N–H and O–H groups in total. The van der Waals surface area contributed by atoms with Crippen molar-refractivity contribution in [1.82, 2.24) is 40.5 Å². The minimum absolute atomic E-state index is 0.0511. The normalized spacial score (nSPS) is 10.8. The van der Waals surface area contributed by atoms with Gasteiger partial charge >= 0.3 is 8.25 Å². The molecule has 0 aliphatic rings. The second-order valence-electron chi connectivity index (χ2n) is 11.0. The van der Waals surface area contributed by atoms with Gasteiger partial charge in [0, 0.05) is 37.9 Å². The van der Waals surface area contributed by atoms with Gasteiger partial charge in [0.25, 0.3) is 11.8 Å².